The number of aromatic nitrogens is 1. The Balaban J connectivity index is 1.94. The Hall–Kier alpha value is -2.81. The molecule has 0 aliphatic rings. The molecule has 1 unspecified atom stereocenters. The normalized spacial score (nSPS) is 12.0. The minimum absolute atomic E-state index is 0.282. The number of thiophene rings is 1. The van der Waals surface area contributed by atoms with Crippen molar-refractivity contribution in [2.75, 3.05) is 11.9 Å². The monoisotopic (exact) mass is 373 g/mol. The summed E-state index contributed by atoms with van der Waals surface area (Å²) in [6.45, 7) is -0.448. The second-order valence-electron chi connectivity index (χ2n) is 5.50. The van der Waals surface area contributed by atoms with Crippen molar-refractivity contribution in [3.8, 4) is 10.4 Å². The van der Waals surface area contributed by atoms with Crippen LogP contribution in [0.3, 0.4) is 0 Å². The van der Waals surface area contributed by atoms with Gasteiger partial charge in [-0.25, -0.2) is 9.37 Å². The molecule has 5 N–H and O–H groups in total. The van der Waals surface area contributed by atoms with Gasteiger partial charge in [-0.05, 0) is 35.9 Å². The molecule has 1 aromatic carbocycles. The summed E-state index contributed by atoms with van der Waals surface area (Å²) >= 11 is 1.28. The number of hydrogen-bond donors (Lipinski definition) is 4. The van der Waals surface area contributed by atoms with Crippen LogP contribution in [-0.2, 0) is 0 Å². The van der Waals surface area contributed by atoms with Crippen molar-refractivity contribution in [3.63, 3.8) is 0 Å². The van der Waals surface area contributed by atoms with Gasteiger partial charge in [-0.1, -0.05) is 18.2 Å². The van der Waals surface area contributed by atoms with Gasteiger partial charge < -0.3 is 21.3 Å². The quantitative estimate of drug-likeness (QED) is 0.531. The molecule has 3 aromatic rings. The lowest BCUT2D eigenvalue weighted by Crippen LogP contribution is -2.12. The summed E-state index contributed by atoms with van der Waals surface area (Å²) in [4.78, 5) is 16.7. The van der Waals surface area contributed by atoms with E-state index in [0.717, 1.165) is 10.4 Å². The number of nitrogens with two attached hydrogens (primary N) is 1. The zero-order valence-electron chi connectivity index (χ0n) is 13.5. The lowest BCUT2D eigenvalue weighted by Gasteiger charge is -2.09. The first kappa shape index (κ1) is 18.0. The molecule has 26 heavy (non-hydrogen) atoms. The minimum atomic E-state index is -1.09. The van der Waals surface area contributed by atoms with Crippen molar-refractivity contribution in [2.45, 2.75) is 6.10 Å². The van der Waals surface area contributed by atoms with Crippen molar-refractivity contribution in [3.05, 3.63) is 65.6 Å². The summed E-state index contributed by atoms with van der Waals surface area (Å²) in [7, 11) is 0. The molecule has 0 bridgehead atoms. The number of halogens is 1. The molecular weight excluding hydrogens is 357 g/mol. The van der Waals surface area contributed by atoms with E-state index in [1.54, 1.807) is 36.4 Å². The summed E-state index contributed by atoms with van der Waals surface area (Å²) in [5.74, 6) is -0.559. The number of nitrogens with zero attached hydrogens (tertiary/aromatic N) is 1. The van der Waals surface area contributed by atoms with Gasteiger partial charge >= 0.3 is 0 Å². The highest BCUT2D eigenvalue weighted by Crippen LogP contribution is 2.36. The maximum atomic E-state index is 13.1. The van der Waals surface area contributed by atoms with Crippen LogP contribution < -0.4 is 11.1 Å². The molecule has 0 fully saturated rings. The van der Waals surface area contributed by atoms with Crippen LogP contribution in [0.4, 0.5) is 15.2 Å². The maximum absolute atomic E-state index is 13.1. The smallest absolute Gasteiger partial charge is 0.251 e. The molecule has 1 atom stereocenters. The number of primary amides is 1. The topological polar surface area (TPSA) is 108 Å². The molecule has 3 rings (SSSR count). The Morgan fingerprint density at radius 2 is 2.00 bits per heavy atom. The Morgan fingerprint density at radius 1 is 1.27 bits per heavy atom. The first-order valence-corrected chi connectivity index (χ1v) is 8.52. The fourth-order valence-corrected chi connectivity index (χ4v) is 3.42. The predicted molar refractivity (Wildman–Crippen MR) is 97.8 cm³/mol. The van der Waals surface area contributed by atoms with Crippen LogP contribution in [0.2, 0.25) is 0 Å². The predicted octanol–water partition coefficient (Wildman–Crippen LogP) is 2.82. The van der Waals surface area contributed by atoms with Gasteiger partial charge in [0.2, 0.25) is 0 Å². The number of hydrogen-bond acceptors (Lipinski definition) is 6. The Kier molecular flexibility index (Phi) is 5.27. The number of rotatable bonds is 6. The fraction of sp³-hybridized carbons (Fsp3) is 0.111. The molecule has 2 aromatic heterocycles. The largest absolute Gasteiger partial charge is 0.393 e. The third kappa shape index (κ3) is 3.88. The van der Waals surface area contributed by atoms with E-state index >= 15 is 0 Å². The van der Waals surface area contributed by atoms with E-state index in [-0.39, 0.29) is 11.4 Å². The Morgan fingerprint density at radius 3 is 2.65 bits per heavy atom. The second-order valence-corrected chi connectivity index (χ2v) is 6.55. The molecule has 0 radical (unpaired) electrons. The van der Waals surface area contributed by atoms with Crippen molar-refractivity contribution in [2.24, 2.45) is 5.73 Å². The third-order valence-electron chi connectivity index (χ3n) is 3.65. The summed E-state index contributed by atoms with van der Waals surface area (Å²) in [6.07, 6.45) is -1.09. The van der Waals surface area contributed by atoms with Gasteiger partial charge in [0, 0.05) is 4.88 Å². The highest BCUT2D eigenvalue weighted by Gasteiger charge is 2.16. The lowest BCUT2D eigenvalue weighted by atomic mass is 10.1. The SMILES string of the molecule is NC(=O)c1cc(-c2ccc(F)cc2)sc1Nc1cccc(C(O)CO)n1. The summed E-state index contributed by atoms with van der Waals surface area (Å²) in [5.41, 5.74) is 6.79. The van der Waals surface area contributed by atoms with Crippen molar-refractivity contribution < 1.29 is 19.4 Å². The van der Waals surface area contributed by atoms with Crippen molar-refractivity contribution in [1.82, 2.24) is 4.98 Å². The zero-order chi connectivity index (χ0) is 18.7. The molecule has 2 heterocycles. The third-order valence-corrected chi connectivity index (χ3v) is 4.75. The van der Waals surface area contributed by atoms with E-state index in [4.69, 9.17) is 10.8 Å². The van der Waals surface area contributed by atoms with Gasteiger partial charge in [-0.3, -0.25) is 4.79 Å². The summed E-state index contributed by atoms with van der Waals surface area (Å²) in [5, 5.41) is 22.2. The van der Waals surface area contributed by atoms with Crippen LogP contribution in [0.1, 0.15) is 22.2 Å². The van der Waals surface area contributed by atoms with Crippen LogP contribution in [0.25, 0.3) is 10.4 Å². The zero-order valence-corrected chi connectivity index (χ0v) is 14.3. The average Bonchev–Trinajstić information content (AvgIpc) is 3.06. The van der Waals surface area contributed by atoms with Crippen LogP contribution >= 0.6 is 11.3 Å². The first-order chi connectivity index (χ1) is 12.5. The molecular formula is C18H16FN3O3S. The van der Waals surface area contributed by atoms with Crippen molar-refractivity contribution in [1.29, 1.82) is 0 Å². The van der Waals surface area contributed by atoms with Crippen LogP contribution in [0.5, 0.6) is 0 Å². The molecule has 0 spiro atoms. The number of pyridine rings is 1. The number of aliphatic hydroxyl groups excluding tert-OH is 2. The van der Waals surface area contributed by atoms with Gasteiger partial charge in [-0.2, -0.15) is 0 Å². The minimum Gasteiger partial charge on any atom is -0.393 e. The standard InChI is InChI=1S/C18H16FN3O3S/c19-11-6-4-10(5-7-11)15-8-12(17(20)25)18(26-15)22-16-3-1-2-13(21-16)14(24)9-23/h1-8,14,23-24H,9H2,(H2,20,25)(H,21,22). The molecule has 1 amide bonds. The summed E-state index contributed by atoms with van der Waals surface area (Å²) in [6, 6.07) is 12.5. The van der Waals surface area contributed by atoms with E-state index in [1.165, 1.54) is 23.5 Å². The van der Waals surface area contributed by atoms with E-state index < -0.39 is 18.6 Å². The number of aliphatic hydroxyl groups is 2. The lowest BCUT2D eigenvalue weighted by molar-refractivity contribution is 0.0924. The van der Waals surface area contributed by atoms with E-state index in [2.05, 4.69) is 10.3 Å². The van der Waals surface area contributed by atoms with Crippen LogP contribution in [0.15, 0.2) is 48.5 Å². The van der Waals surface area contributed by atoms with Crippen LogP contribution in [-0.4, -0.2) is 27.7 Å². The molecule has 0 aliphatic heterocycles. The van der Waals surface area contributed by atoms with E-state index in [1.807, 2.05) is 0 Å². The number of amides is 1. The van der Waals surface area contributed by atoms with E-state index in [0.29, 0.717) is 16.5 Å². The number of carbonyl (C=O) groups excluding carboxylic acids is 1. The average molecular weight is 373 g/mol. The Labute approximate surface area is 152 Å². The molecule has 6 nitrogen and oxygen atoms in total. The first-order valence-electron chi connectivity index (χ1n) is 7.70. The number of benzene rings is 1. The van der Waals surface area contributed by atoms with E-state index in [9.17, 15) is 14.3 Å². The molecule has 0 saturated carbocycles. The summed E-state index contributed by atoms with van der Waals surface area (Å²) < 4.78 is 13.1. The van der Waals surface area contributed by atoms with Gasteiger partial charge in [0.25, 0.3) is 5.91 Å². The Bertz CT molecular complexity index is 928. The van der Waals surface area contributed by atoms with Gasteiger partial charge in [0.1, 0.15) is 22.7 Å². The second kappa shape index (κ2) is 7.61. The highest BCUT2D eigenvalue weighted by molar-refractivity contribution is 7.19. The molecule has 0 saturated heterocycles. The highest BCUT2D eigenvalue weighted by atomic mass is 32.1. The number of carbonyl (C=O) groups is 1. The maximum Gasteiger partial charge on any atom is 0.251 e. The molecule has 8 heteroatoms. The molecule has 134 valence electrons. The van der Waals surface area contributed by atoms with Gasteiger partial charge in [0.15, 0.2) is 0 Å². The van der Waals surface area contributed by atoms with Crippen LogP contribution in [0, 0.1) is 5.82 Å². The van der Waals surface area contributed by atoms with Gasteiger partial charge in [0.05, 0.1) is 17.9 Å². The number of nitrogens with one attached hydrogen (secondary N) is 1. The number of anilines is 2. The molecule has 0 aliphatic carbocycles. The van der Waals surface area contributed by atoms with Gasteiger partial charge in [-0.15, -0.1) is 11.3 Å². The van der Waals surface area contributed by atoms with Crippen molar-refractivity contribution >= 4 is 28.1 Å². The fourth-order valence-electron chi connectivity index (χ4n) is 2.34.